The van der Waals surface area contributed by atoms with Gasteiger partial charge in [-0.1, -0.05) is 40.2 Å². The van der Waals surface area contributed by atoms with Gasteiger partial charge in [-0.15, -0.1) is 0 Å². The number of carbonyl (C=O) groups excluding carboxylic acids is 1. The van der Waals surface area contributed by atoms with E-state index in [2.05, 4.69) is 37.2 Å². The predicted octanol–water partition coefficient (Wildman–Crippen LogP) is 5.63. The quantitative estimate of drug-likeness (QED) is 0.513. The van der Waals surface area contributed by atoms with Gasteiger partial charge in [0.05, 0.1) is 4.47 Å². The average Bonchev–Trinajstić information content (AvgIpc) is 2.52. The fourth-order valence-corrected chi connectivity index (χ4v) is 3.53. The summed E-state index contributed by atoms with van der Waals surface area (Å²) >= 11 is 6.79. The summed E-state index contributed by atoms with van der Waals surface area (Å²) in [5.41, 5.74) is 1.92. The van der Waals surface area contributed by atoms with Crippen LogP contribution in [0, 0.1) is 6.92 Å². The van der Waals surface area contributed by atoms with E-state index in [1.54, 1.807) is 25.1 Å². The first kappa shape index (κ1) is 16.0. The third kappa shape index (κ3) is 3.12. The van der Waals surface area contributed by atoms with Crippen LogP contribution in [0.2, 0.25) is 0 Å². The molecule has 0 saturated heterocycles. The van der Waals surface area contributed by atoms with Crippen molar-refractivity contribution in [2.24, 2.45) is 0 Å². The second kappa shape index (κ2) is 6.34. The molecule has 0 saturated carbocycles. The van der Waals surface area contributed by atoms with E-state index < -0.39 is 0 Å². The highest BCUT2D eigenvalue weighted by molar-refractivity contribution is 9.11. The molecule has 0 atom stereocenters. The summed E-state index contributed by atoms with van der Waals surface area (Å²) in [5, 5.41) is 14.5. The Kier molecular flexibility index (Phi) is 4.41. The van der Waals surface area contributed by atoms with Crippen LogP contribution in [0.1, 0.15) is 15.9 Å². The van der Waals surface area contributed by atoms with Gasteiger partial charge in [0, 0.05) is 15.7 Å². The van der Waals surface area contributed by atoms with E-state index in [1.807, 2.05) is 30.3 Å². The van der Waals surface area contributed by atoms with Crippen molar-refractivity contribution < 1.29 is 9.90 Å². The maximum absolute atomic E-state index is 12.6. The lowest BCUT2D eigenvalue weighted by molar-refractivity contribution is 0.102. The second-order valence-corrected chi connectivity index (χ2v) is 6.93. The maximum atomic E-state index is 12.6. The lowest BCUT2D eigenvalue weighted by atomic mass is 10.0. The maximum Gasteiger partial charge on any atom is 0.256 e. The molecule has 1 amide bonds. The molecule has 3 aromatic carbocycles. The topological polar surface area (TPSA) is 49.3 Å². The summed E-state index contributed by atoms with van der Waals surface area (Å²) < 4.78 is 1.50. The number of rotatable bonds is 2. The molecule has 0 unspecified atom stereocenters. The van der Waals surface area contributed by atoms with Gasteiger partial charge in [0.25, 0.3) is 5.91 Å². The van der Waals surface area contributed by atoms with Crippen molar-refractivity contribution >= 4 is 54.2 Å². The number of benzene rings is 3. The first-order valence-corrected chi connectivity index (χ1v) is 8.53. The second-order valence-electron chi connectivity index (χ2n) is 5.22. The van der Waals surface area contributed by atoms with Crippen molar-refractivity contribution in [1.29, 1.82) is 0 Å². The predicted molar refractivity (Wildman–Crippen MR) is 100 cm³/mol. The molecule has 0 fully saturated rings. The Labute approximate surface area is 150 Å². The number of phenols is 1. The Bertz CT molecular complexity index is 899. The van der Waals surface area contributed by atoms with E-state index in [1.165, 1.54) is 0 Å². The fraction of sp³-hybridized carbons (Fsp3) is 0.0556. The van der Waals surface area contributed by atoms with Gasteiger partial charge in [-0.3, -0.25) is 4.79 Å². The van der Waals surface area contributed by atoms with E-state index in [0.29, 0.717) is 21.3 Å². The zero-order chi connectivity index (χ0) is 16.6. The van der Waals surface area contributed by atoms with Crippen LogP contribution in [-0.4, -0.2) is 11.0 Å². The molecule has 3 rings (SSSR count). The summed E-state index contributed by atoms with van der Waals surface area (Å²) in [7, 11) is 0. The van der Waals surface area contributed by atoms with Gasteiger partial charge in [0.1, 0.15) is 5.75 Å². The minimum absolute atomic E-state index is 0.178. The van der Waals surface area contributed by atoms with Crippen LogP contribution in [0.15, 0.2) is 57.5 Å². The van der Waals surface area contributed by atoms with Crippen LogP contribution in [0.25, 0.3) is 10.8 Å². The first-order valence-electron chi connectivity index (χ1n) is 6.95. The van der Waals surface area contributed by atoms with Gasteiger partial charge in [0.15, 0.2) is 0 Å². The number of hydrogen-bond donors (Lipinski definition) is 2. The van der Waals surface area contributed by atoms with E-state index in [0.717, 1.165) is 15.2 Å². The van der Waals surface area contributed by atoms with Gasteiger partial charge < -0.3 is 10.4 Å². The smallest absolute Gasteiger partial charge is 0.256 e. The van der Waals surface area contributed by atoms with Gasteiger partial charge in [0.2, 0.25) is 0 Å². The molecule has 0 heterocycles. The normalized spacial score (nSPS) is 10.7. The Hall–Kier alpha value is -1.85. The molecular weight excluding hydrogens is 422 g/mol. The van der Waals surface area contributed by atoms with Gasteiger partial charge in [-0.05, 0) is 63.5 Å². The van der Waals surface area contributed by atoms with Crippen LogP contribution in [0.4, 0.5) is 5.69 Å². The number of amides is 1. The molecule has 3 aromatic rings. The molecule has 5 heteroatoms. The number of fused-ring (bicyclic) bond motifs is 1. The molecule has 0 aromatic heterocycles. The van der Waals surface area contributed by atoms with Crippen molar-refractivity contribution in [3.63, 3.8) is 0 Å². The Morgan fingerprint density at radius 1 is 1.00 bits per heavy atom. The molecule has 0 aliphatic heterocycles. The third-order valence-electron chi connectivity index (χ3n) is 3.63. The van der Waals surface area contributed by atoms with Crippen molar-refractivity contribution in [1.82, 2.24) is 0 Å². The van der Waals surface area contributed by atoms with Gasteiger partial charge in [-0.25, -0.2) is 0 Å². The van der Waals surface area contributed by atoms with Crippen LogP contribution >= 0.6 is 31.9 Å². The summed E-state index contributed by atoms with van der Waals surface area (Å²) in [6.45, 7) is 1.78. The van der Waals surface area contributed by atoms with Crippen molar-refractivity contribution in [2.75, 3.05) is 5.32 Å². The minimum Gasteiger partial charge on any atom is -0.506 e. The van der Waals surface area contributed by atoms with E-state index in [9.17, 15) is 9.90 Å². The lowest BCUT2D eigenvalue weighted by Crippen LogP contribution is -2.12. The summed E-state index contributed by atoms with van der Waals surface area (Å²) in [6, 6.07) is 14.8. The molecule has 116 valence electrons. The zero-order valence-corrected chi connectivity index (χ0v) is 15.4. The number of aryl methyl sites for hydroxylation is 1. The summed E-state index contributed by atoms with van der Waals surface area (Å²) in [5.74, 6) is -0.0113. The highest BCUT2D eigenvalue weighted by Crippen LogP contribution is 2.32. The minimum atomic E-state index is -0.189. The molecule has 2 N–H and O–H groups in total. The number of nitrogens with one attached hydrogen (secondary N) is 1. The van der Waals surface area contributed by atoms with Gasteiger partial charge >= 0.3 is 0 Å². The van der Waals surface area contributed by atoms with Crippen LogP contribution in [0.3, 0.4) is 0 Å². The van der Waals surface area contributed by atoms with Crippen molar-refractivity contribution in [3.8, 4) is 5.75 Å². The molecule has 0 spiro atoms. The molecule has 23 heavy (non-hydrogen) atoms. The Morgan fingerprint density at radius 2 is 1.70 bits per heavy atom. The molecular formula is C18H13Br2NO2. The highest BCUT2D eigenvalue weighted by Gasteiger charge is 2.13. The fourth-order valence-electron chi connectivity index (χ4n) is 2.48. The Balaban J connectivity index is 2.00. The molecule has 0 aliphatic rings. The lowest BCUT2D eigenvalue weighted by Gasteiger charge is -2.11. The standard InChI is InChI=1S/C18H13Br2NO2/c1-10-8-11(9-16(20)17(10)22)21-18(23)14-6-2-5-13-12(14)4-3-7-15(13)19/h2-9,22H,1H3,(H,21,23). The number of hydrogen-bond acceptors (Lipinski definition) is 2. The molecule has 3 nitrogen and oxygen atoms in total. The van der Waals surface area contributed by atoms with E-state index >= 15 is 0 Å². The van der Waals surface area contributed by atoms with Crippen molar-refractivity contribution in [2.45, 2.75) is 6.92 Å². The summed E-state index contributed by atoms with van der Waals surface area (Å²) in [6.07, 6.45) is 0. The van der Waals surface area contributed by atoms with Crippen molar-refractivity contribution in [3.05, 3.63) is 68.6 Å². The number of aromatic hydroxyl groups is 1. The highest BCUT2D eigenvalue weighted by atomic mass is 79.9. The SMILES string of the molecule is Cc1cc(NC(=O)c2cccc3c(Br)cccc23)cc(Br)c1O. The summed E-state index contributed by atoms with van der Waals surface area (Å²) in [4.78, 5) is 12.6. The van der Waals surface area contributed by atoms with E-state index in [4.69, 9.17) is 0 Å². The molecule has 0 radical (unpaired) electrons. The average molecular weight is 435 g/mol. The number of anilines is 1. The van der Waals surface area contributed by atoms with Crippen LogP contribution in [0.5, 0.6) is 5.75 Å². The monoisotopic (exact) mass is 433 g/mol. The van der Waals surface area contributed by atoms with Crippen LogP contribution < -0.4 is 5.32 Å². The molecule has 0 aliphatic carbocycles. The zero-order valence-electron chi connectivity index (χ0n) is 12.2. The third-order valence-corrected chi connectivity index (χ3v) is 4.92. The Morgan fingerprint density at radius 3 is 2.43 bits per heavy atom. The number of halogens is 2. The largest absolute Gasteiger partial charge is 0.506 e. The number of carbonyl (C=O) groups is 1. The first-order chi connectivity index (χ1) is 11.0. The van der Waals surface area contributed by atoms with Crippen LogP contribution in [-0.2, 0) is 0 Å². The van der Waals surface area contributed by atoms with E-state index in [-0.39, 0.29) is 11.7 Å². The molecule has 0 bridgehead atoms. The number of phenolic OH excluding ortho intramolecular Hbond substituents is 1. The van der Waals surface area contributed by atoms with Gasteiger partial charge in [-0.2, -0.15) is 0 Å².